The highest BCUT2D eigenvalue weighted by atomic mass is 35.5. The lowest BCUT2D eigenvalue weighted by molar-refractivity contribution is -0.113. The lowest BCUT2D eigenvalue weighted by atomic mass is 10.1. The molecule has 0 saturated heterocycles. The van der Waals surface area contributed by atoms with E-state index >= 15 is 0 Å². The molecule has 1 heterocycles. The van der Waals surface area contributed by atoms with E-state index in [1.807, 2.05) is 0 Å². The number of aryl methyl sites for hydroxylation is 3. The molecule has 0 unspecified atom stereocenters. The number of rotatable bonds is 4. The van der Waals surface area contributed by atoms with Crippen molar-refractivity contribution in [3.63, 3.8) is 0 Å². The number of benzene rings is 1. The summed E-state index contributed by atoms with van der Waals surface area (Å²) in [5.41, 5.74) is 3.58. The molecule has 0 radical (unpaired) electrons. The molecule has 0 bridgehead atoms. The molecule has 1 N–H and O–H groups in total. The van der Waals surface area contributed by atoms with Crippen LogP contribution < -0.4 is 5.32 Å². The highest BCUT2D eigenvalue weighted by molar-refractivity contribution is 8.00. The number of carbonyl (C=O) groups excluding carboxylic acids is 1. The van der Waals surface area contributed by atoms with Crippen LogP contribution in [0, 0.1) is 20.8 Å². The minimum absolute atomic E-state index is 0.152. The quantitative estimate of drug-likeness (QED) is 0.781. The Kier molecular flexibility index (Phi) is 5.73. The summed E-state index contributed by atoms with van der Waals surface area (Å²) < 4.78 is 0. The number of nitrogens with one attached hydrogen (secondary N) is 1. The molecule has 3 nitrogen and oxygen atoms in total. The van der Waals surface area contributed by atoms with Gasteiger partial charge in [0.15, 0.2) is 5.82 Å². The number of pyridine rings is 1. The second-order valence-electron chi connectivity index (χ2n) is 5.05. The van der Waals surface area contributed by atoms with Crippen molar-refractivity contribution in [3.05, 3.63) is 51.1 Å². The number of hydrogen-bond donors (Lipinski definition) is 1. The molecule has 0 atom stereocenters. The van der Waals surface area contributed by atoms with Crippen molar-refractivity contribution in [1.29, 1.82) is 0 Å². The first-order valence-corrected chi connectivity index (χ1v) is 8.42. The van der Waals surface area contributed by atoms with E-state index in [1.165, 1.54) is 34.6 Å². The van der Waals surface area contributed by atoms with E-state index in [1.54, 1.807) is 6.07 Å². The smallest absolute Gasteiger partial charge is 0.235 e. The molecule has 1 aromatic heterocycles. The fourth-order valence-corrected chi connectivity index (χ4v) is 3.55. The zero-order valence-electron chi connectivity index (χ0n) is 12.5. The van der Waals surface area contributed by atoms with Crippen LogP contribution in [0.15, 0.2) is 29.3 Å². The maximum Gasteiger partial charge on any atom is 0.235 e. The molecule has 1 aromatic carbocycles. The average Bonchev–Trinajstić information content (AvgIpc) is 2.40. The summed E-state index contributed by atoms with van der Waals surface area (Å²) in [5.74, 6) is 0.473. The summed E-state index contributed by atoms with van der Waals surface area (Å²) in [5, 5.41) is 3.46. The molecule has 6 heteroatoms. The third-order valence-electron chi connectivity index (χ3n) is 3.02. The first-order chi connectivity index (χ1) is 10.4. The van der Waals surface area contributed by atoms with Crippen molar-refractivity contribution in [2.45, 2.75) is 25.7 Å². The molecule has 0 saturated carbocycles. The van der Waals surface area contributed by atoms with E-state index in [9.17, 15) is 4.79 Å². The van der Waals surface area contributed by atoms with Gasteiger partial charge in [0, 0.05) is 11.1 Å². The van der Waals surface area contributed by atoms with Gasteiger partial charge in [-0.25, -0.2) is 4.98 Å². The highest BCUT2D eigenvalue weighted by Crippen LogP contribution is 2.28. The van der Waals surface area contributed by atoms with Gasteiger partial charge in [0.2, 0.25) is 5.91 Å². The molecule has 0 aliphatic carbocycles. The number of amides is 1. The van der Waals surface area contributed by atoms with Gasteiger partial charge in [0.05, 0.1) is 15.8 Å². The lowest BCUT2D eigenvalue weighted by Gasteiger charge is -2.11. The topological polar surface area (TPSA) is 42.0 Å². The van der Waals surface area contributed by atoms with Crippen LogP contribution in [0.1, 0.15) is 16.7 Å². The second kappa shape index (κ2) is 7.36. The maximum atomic E-state index is 12.0. The van der Waals surface area contributed by atoms with Crippen LogP contribution >= 0.6 is 35.0 Å². The van der Waals surface area contributed by atoms with Crippen molar-refractivity contribution < 1.29 is 4.79 Å². The van der Waals surface area contributed by atoms with Crippen molar-refractivity contribution in [2.24, 2.45) is 0 Å². The second-order valence-corrected chi connectivity index (χ2v) is 6.88. The molecule has 0 aliphatic rings. The predicted octanol–water partition coefficient (Wildman–Crippen LogP) is 5.04. The van der Waals surface area contributed by atoms with Crippen LogP contribution in [0.25, 0.3) is 0 Å². The Bertz CT molecular complexity index is 696. The Morgan fingerprint density at radius 1 is 1.18 bits per heavy atom. The molecule has 2 aromatic rings. The van der Waals surface area contributed by atoms with Crippen molar-refractivity contribution in [3.8, 4) is 0 Å². The van der Waals surface area contributed by atoms with E-state index in [2.05, 4.69) is 43.2 Å². The minimum atomic E-state index is -0.152. The summed E-state index contributed by atoms with van der Waals surface area (Å²) in [6, 6.07) is 5.78. The standard InChI is InChI=1S/C16H16Cl2N2OS/c1-9-4-10(2)15(11(3)5-9)22-8-14(21)20-16-13(18)6-12(17)7-19-16/h4-7H,8H2,1-3H3,(H,19,20,21). The lowest BCUT2D eigenvalue weighted by Crippen LogP contribution is -2.15. The molecule has 22 heavy (non-hydrogen) atoms. The average molecular weight is 355 g/mol. The number of nitrogens with zero attached hydrogens (tertiary/aromatic N) is 1. The van der Waals surface area contributed by atoms with Gasteiger partial charge in [-0.1, -0.05) is 40.9 Å². The molecule has 0 aliphatic heterocycles. The normalized spacial score (nSPS) is 10.6. The first kappa shape index (κ1) is 17.1. The molecule has 0 fully saturated rings. The third-order valence-corrected chi connectivity index (χ3v) is 4.85. The Labute approximate surface area is 144 Å². The molecule has 1 amide bonds. The Balaban J connectivity index is 2.02. The van der Waals surface area contributed by atoms with Crippen LogP contribution in [0.4, 0.5) is 5.82 Å². The molecular weight excluding hydrogens is 339 g/mol. The first-order valence-electron chi connectivity index (χ1n) is 6.68. The van der Waals surface area contributed by atoms with E-state index in [0.717, 1.165) is 4.90 Å². The zero-order valence-corrected chi connectivity index (χ0v) is 14.9. The van der Waals surface area contributed by atoms with Crippen LogP contribution in [0.2, 0.25) is 10.0 Å². The SMILES string of the molecule is Cc1cc(C)c(SCC(=O)Nc2ncc(Cl)cc2Cl)c(C)c1. The van der Waals surface area contributed by atoms with E-state index in [-0.39, 0.29) is 5.91 Å². The summed E-state index contributed by atoms with van der Waals surface area (Å²) in [4.78, 5) is 17.2. The van der Waals surface area contributed by atoms with Crippen molar-refractivity contribution >= 4 is 46.7 Å². The molecule has 116 valence electrons. The minimum Gasteiger partial charge on any atom is -0.309 e. The van der Waals surface area contributed by atoms with Gasteiger partial charge in [-0.2, -0.15) is 0 Å². The monoisotopic (exact) mass is 354 g/mol. The van der Waals surface area contributed by atoms with Crippen LogP contribution in [0.3, 0.4) is 0 Å². The molecular formula is C16H16Cl2N2OS. The Morgan fingerprint density at radius 3 is 2.41 bits per heavy atom. The van der Waals surface area contributed by atoms with Gasteiger partial charge in [-0.05, 0) is 38.0 Å². The van der Waals surface area contributed by atoms with Crippen LogP contribution in [-0.4, -0.2) is 16.6 Å². The highest BCUT2D eigenvalue weighted by Gasteiger charge is 2.11. The van der Waals surface area contributed by atoms with Crippen LogP contribution in [0.5, 0.6) is 0 Å². The van der Waals surface area contributed by atoms with Crippen LogP contribution in [-0.2, 0) is 4.79 Å². The molecule has 0 spiro atoms. The van der Waals surface area contributed by atoms with Crippen molar-refractivity contribution in [1.82, 2.24) is 4.98 Å². The predicted molar refractivity (Wildman–Crippen MR) is 94.3 cm³/mol. The van der Waals surface area contributed by atoms with Gasteiger partial charge in [-0.15, -0.1) is 11.8 Å². The Morgan fingerprint density at radius 2 is 1.82 bits per heavy atom. The number of anilines is 1. The van der Waals surface area contributed by atoms with Gasteiger partial charge in [0.25, 0.3) is 0 Å². The third kappa shape index (κ3) is 4.38. The Hall–Kier alpha value is -1.23. The fourth-order valence-electron chi connectivity index (χ4n) is 2.21. The number of thioether (sulfide) groups is 1. The van der Waals surface area contributed by atoms with Gasteiger partial charge in [-0.3, -0.25) is 4.79 Å². The number of carbonyl (C=O) groups is 1. The van der Waals surface area contributed by atoms with Gasteiger partial charge < -0.3 is 5.32 Å². The van der Waals surface area contributed by atoms with Gasteiger partial charge >= 0.3 is 0 Å². The zero-order chi connectivity index (χ0) is 16.3. The number of aromatic nitrogens is 1. The van der Waals surface area contributed by atoms with E-state index in [0.29, 0.717) is 21.6 Å². The maximum absolute atomic E-state index is 12.0. The summed E-state index contributed by atoms with van der Waals surface area (Å²) in [6.07, 6.45) is 1.45. The van der Waals surface area contributed by atoms with Gasteiger partial charge in [0.1, 0.15) is 0 Å². The van der Waals surface area contributed by atoms with E-state index in [4.69, 9.17) is 23.2 Å². The fraction of sp³-hybridized carbons (Fsp3) is 0.250. The number of halogens is 2. The summed E-state index contributed by atoms with van der Waals surface area (Å²) >= 11 is 13.3. The summed E-state index contributed by atoms with van der Waals surface area (Å²) in [7, 11) is 0. The molecule has 2 rings (SSSR count). The van der Waals surface area contributed by atoms with E-state index < -0.39 is 0 Å². The number of hydrogen-bond acceptors (Lipinski definition) is 3. The summed E-state index contributed by atoms with van der Waals surface area (Å²) in [6.45, 7) is 6.17. The van der Waals surface area contributed by atoms with Crippen molar-refractivity contribution in [2.75, 3.05) is 11.1 Å². The largest absolute Gasteiger partial charge is 0.309 e.